The monoisotopic (exact) mass is 330 g/mol. The Morgan fingerprint density at radius 2 is 1.92 bits per heavy atom. The number of hydrogen-bond donors (Lipinski definition) is 1. The van der Waals surface area contributed by atoms with E-state index in [1.807, 2.05) is 32.3 Å². The number of Topliss-reactive ketones (excluding diaryl/α,β-unsaturated/α-hetero) is 1. The van der Waals surface area contributed by atoms with Crippen molar-refractivity contribution >= 4 is 5.78 Å². The summed E-state index contributed by atoms with van der Waals surface area (Å²) in [4.78, 5) is 14.3. The van der Waals surface area contributed by atoms with E-state index in [-0.39, 0.29) is 24.1 Å². The number of carbonyl (C=O) groups excluding carboxylic acids is 1. The first-order valence-electron chi connectivity index (χ1n) is 7.81. The number of nitrogens with one attached hydrogen (secondary N) is 1. The Bertz CT molecular complexity index is 674. The van der Waals surface area contributed by atoms with E-state index in [1.165, 1.54) is 24.8 Å². The third-order valence-corrected chi connectivity index (χ3v) is 3.90. The molecule has 0 fully saturated rings. The average Bonchev–Trinajstić information content (AvgIpc) is 2.58. The fourth-order valence-electron chi connectivity index (χ4n) is 2.54. The van der Waals surface area contributed by atoms with Crippen LogP contribution in [-0.2, 0) is 0 Å². The molecule has 4 nitrogen and oxygen atoms in total. The second-order valence-corrected chi connectivity index (χ2v) is 5.79. The summed E-state index contributed by atoms with van der Waals surface area (Å²) in [5.74, 6) is -0.544. The number of rotatable bonds is 8. The Morgan fingerprint density at radius 1 is 1.21 bits per heavy atom. The highest BCUT2D eigenvalue weighted by Crippen LogP contribution is 2.18. The van der Waals surface area contributed by atoms with E-state index in [1.54, 1.807) is 6.07 Å². The van der Waals surface area contributed by atoms with Crippen molar-refractivity contribution < 1.29 is 13.9 Å². The van der Waals surface area contributed by atoms with Crippen molar-refractivity contribution in [1.82, 2.24) is 10.2 Å². The molecule has 5 heteroatoms. The molecule has 0 radical (unpaired) electrons. The van der Waals surface area contributed by atoms with Crippen LogP contribution < -0.4 is 10.1 Å². The molecule has 0 saturated heterocycles. The molecule has 0 aromatic heterocycles. The molecule has 0 bridgehead atoms. The molecule has 2 aromatic rings. The topological polar surface area (TPSA) is 41.6 Å². The number of likely N-dealkylation sites (N-methyl/N-ethyl adjacent to an activating group) is 1. The minimum absolute atomic E-state index is 0.135. The number of nitrogens with zero attached hydrogens (tertiary/aromatic N) is 1. The number of carbonyl (C=O) groups is 1. The smallest absolute Gasteiger partial charge is 0.176 e. The maximum absolute atomic E-state index is 13.7. The highest BCUT2D eigenvalue weighted by molar-refractivity contribution is 5.97. The summed E-state index contributed by atoms with van der Waals surface area (Å²) in [6, 6.07) is 14.5. The summed E-state index contributed by atoms with van der Waals surface area (Å²) in [6.07, 6.45) is 0. The van der Waals surface area contributed by atoms with E-state index in [0.29, 0.717) is 12.1 Å². The van der Waals surface area contributed by atoms with Crippen molar-refractivity contribution in [1.29, 1.82) is 0 Å². The summed E-state index contributed by atoms with van der Waals surface area (Å²) in [7, 11) is 5.40. The number of ether oxygens (including phenoxy) is 1. The van der Waals surface area contributed by atoms with Gasteiger partial charge in [-0.3, -0.25) is 4.79 Å². The number of hydrogen-bond acceptors (Lipinski definition) is 4. The molecule has 0 aliphatic rings. The van der Waals surface area contributed by atoms with E-state index in [9.17, 15) is 9.18 Å². The number of ketones is 1. The molecule has 1 N–H and O–H groups in total. The zero-order valence-electron chi connectivity index (χ0n) is 14.3. The summed E-state index contributed by atoms with van der Waals surface area (Å²) in [6.45, 7) is 0.782. The minimum atomic E-state index is -0.529. The second-order valence-electron chi connectivity index (χ2n) is 5.79. The first-order valence-corrected chi connectivity index (χ1v) is 7.81. The van der Waals surface area contributed by atoms with Gasteiger partial charge in [-0.1, -0.05) is 30.3 Å². The second kappa shape index (κ2) is 8.57. The maximum atomic E-state index is 13.7. The van der Waals surface area contributed by atoms with Crippen LogP contribution in [0.25, 0.3) is 0 Å². The lowest BCUT2D eigenvalue weighted by Gasteiger charge is -2.25. The molecular weight excluding hydrogens is 307 g/mol. The summed E-state index contributed by atoms with van der Waals surface area (Å²) in [5, 5.41) is 3.17. The van der Waals surface area contributed by atoms with Gasteiger partial charge < -0.3 is 15.0 Å². The van der Waals surface area contributed by atoms with Crippen LogP contribution in [0.1, 0.15) is 22.0 Å². The Hall–Kier alpha value is -2.24. The molecule has 24 heavy (non-hydrogen) atoms. The SMILES string of the molecule is COc1ccc(C(=O)CNCC(c2ccccc2)N(C)C)cc1F. The molecule has 2 rings (SSSR count). The molecule has 0 aliphatic carbocycles. The van der Waals surface area contributed by atoms with E-state index < -0.39 is 5.82 Å². The highest BCUT2D eigenvalue weighted by atomic mass is 19.1. The van der Waals surface area contributed by atoms with Crippen molar-refractivity contribution in [2.75, 3.05) is 34.3 Å². The van der Waals surface area contributed by atoms with E-state index in [4.69, 9.17) is 4.74 Å². The maximum Gasteiger partial charge on any atom is 0.176 e. The Morgan fingerprint density at radius 3 is 2.50 bits per heavy atom. The lowest BCUT2D eigenvalue weighted by atomic mass is 10.1. The molecule has 0 saturated carbocycles. The Balaban J connectivity index is 1.94. The van der Waals surface area contributed by atoms with Crippen molar-refractivity contribution in [2.45, 2.75) is 6.04 Å². The number of methoxy groups -OCH3 is 1. The van der Waals surface area contributed by atoms with Crippen molar-refractivity contribution in [3.8, 4) is 5.75 Å². The summed E-state index contributed by atoms with van der Waals surface area (Å²) < 4.78 is 18.5. The quantitative estimate of drug-likeness (QED) is 0.756. The van der Waals surface area contributed by atoms with Crippen molar-refractivity contribution in [2.24, 2.45) is 0 Å². The minimum Gasteiger partial charge on any atom is -0.494 e. The zero-order valence-corrected chi connectivity index (χ0v) is 14.3. The first kappa shape index (κ1) is 18.1. The fraction of sp³-hybridized carbons (Fsp3) is 0.316. The van der Waals surface area contributed by atoms with Crippen LogP contribution in [0.3, 0.4) is 0 Å². The summed E-state index contributed by atoms with van der Waals surface area (Å²) >= 11 is 0. The molecule has 0 amide bonds. The standard InChI is InChI=1S/C19H23FN2O2/c1-22(2)17(14-7-5-4-6-8-14)12-21-13-18(23)15-9-10-19(24-3)16(20)11-15/h4-11,17,21H,12-13H2,1-3H3. The predicted octanol–water partition coefficient (Wildman–Crippen LogP) is 2.91. The molecule has 0 spiro atoms. The lowest BCUT2D eigenvalue weighted by molar-refractivity contribution is 0.0988. The van der Waals surface area contributed by atoms with E-state index >= 15 is 0 Å². The number of halogens is 1. The number of benzene rings is 2. The zero-order chi connectivity index (χ0) is 17.5. The van der Waals surface area contributed by atoms with E-state index in [2.05, 4.69) is 22.3 Å². The van der Waals surface area contributed by atoms with E-state index in [0.717, 1.165) is 0 Å². The molecule has 1 atom stereocenters. The first-order chi connectivity index (χ1) is 11.5. The predicted molar refractivity (Wildman–Crippen MR) is 93.0 cm³/mol. The van der Waals surface area contributed by atoms with Crippen LogP contribution in [0, 0.1) is 5.82 Å². The lowest BCUT2D eigenvalue weighted by Crippen LogP contribution is -2.33. The van der Waals surface area contributed by atoms with Crippen LogP contribution in [-0.4, -0.2) is 45.0 Å². The molecule has 1 unspecified atom stereocenters. The van der Waals surface area contributed by atoms with Crippen LogP contribution in [0.5, 0.6) is 5.75 Å². The molecular formula is C19H23FN2O2. The van der Waals surface area contributed by atoms with Crippen LogP contribution >= 0.6 is 0 Å². The van der Waals surface area contributed by atoms with Gasteiger partial charge in [-0.2, -0.15) is 0 Å². The third kappa shape index (κ3) is 4.63. The van der Waals surface area contributed by atoms with Gasteiger partial charge in [-0.05, 0) is 37.9 Å². The van der Waals surface area contributed by atoms with Gasteiger partial charge in [-0.25, -0.2) is 4.39 Å². The van der Waals surface area contributed by atoms with Crippen LogP contribution in [0.2, 0.25) is 0 Å². The van der Waals surface area contributed by atoms with Gasteiger partial charge in [0.2, 0.25) is 0 Å². The molecule has 0 heterocycles. The van der Waals surface area contributed by atoms with Crippen LogP contribution in [0.15, 0.2) is 48.5 Å². The van der Waals surface area contributed by atoms with Gasteiger partial charge in [-0.15, -0.1) is 0 Å². The van der Waals surface area contributed by atoms with Gasteiger partial charge in [0.25, 0.3) is 0 Å². The highest BCUT2D eigenvalue weighted by Gasteiger charge is 2.15. The van der Waals surface area contributed by atoms with Gasteiger partial charge in [0.05, 0.1) is 13.7 Å². The Kier molecular flexibility index (Phi) is 6.46. The van der Waals surface area contributed by atoms with Crippen molar-refractivity contribution in [3.05, 3.63) is 65.5 Å². The fourth-order valence-corrected chi connectivity index (χ4v) is 2.54. The van der Waals surface area contributed by atoms with Crippen LogP contribution in [0.4, 0.5) is 4.39 Å². The average molecular weight is 330 g/mol. The molecule has 0 aliphatic heterocycles. The van der Waals surface area contributed by atoms with Gasteiger partial charge in [0.15, 0.2) is 17.3 Å². The normalized spacial score (nSPS) is 12.2. The molecule has 128 valence electrons. The Labute approximate surface area is 142 Å². The van der Waals surface area contributed by atoms with Gasteiger partial charge in [0, 0.05) is 18.2 Å². The van der Waals surface area contributed by atoms with Gasteiger partial charge >= 0.3 is 0 Å². The molecule has 2 aromatic carbocycles. The third-order valence-electron chi connectivity index (χ3n) is 3.90. The summed E-state index contributed by atoms with van der Waals surface area (Å²) in [5.41, 5.74) is 1.51. The van der Waals surface area contributed by atoms with Crippen molar-refractivity contribution in [3.63, 3.8) is 0 Å². The largest absolute Gasteiger partial charge is 0.494 e. The van der Waals surface area contributed by atoms with Gasteiger partial charge in [0.1, 0.15) is 0 Å².